The second kappa shape index (κ2) is 5.74. The van der Waals surface area contributed by atoms with Crippen molar-refractivity contribution in [3.63, 3.8) is 0 Å². The van der Waals surface area contributed by atoms with Crippen LogP contribution < -0.4 is 17.0 Å². The smallest absolute Gasteiger partial charge is 0.342 e. The van der Waals surface area contributed by atoms with E-state index in [1.807, 2.05) is 47.3 Å². The Morgan fingerprint density at radius 2 is 1.61 bits per heavy atom. The first-order valence-electron chi connectivity index (χ1n) is 6.98. The van der Waals surface area contributed by atoms with Crippen LogP contribution in [0.5, 0.6) is 0 Å². The highest BCUT2D eigenvalue weighted by atomic mass is 35.5. The number of aromatic amines is 1. The summed E-state index contributed by atoms with van der Waals surface area (Å²) in [6.07, 6.45) is 3.82. The molecule has 4 aromatic rings. The quantitative estimate of drug-likeness (QED) is 0.521. The molecule has 0 radical (unpaired) electrons. The van der Waals surface area contributed by atoms with Crippen LogP contribution in [0, 0.1) is 0 Å². The molecule has 0 aliphatic heterocycles. The molecule has 0 bridgehead atoms. The number of aromatic carboxylic acids is 1. The van der Waals surface area contributed by atoms with Gasteiger partial charge in [0.15, 0.2) is 12.4 Å². The topological polar surface area (TPSA) is 57.0 Å². The van der Waals surface area contributed by atoms with Gasteiger partial charge >= 0.3 is 5.97 Å². The third-order valence-corrected chi connectivity index (χ3v) is 3.86. The fourth-order valence-electron chi connectivity index (χ4n) is 2.83. The van der Waals surface area contributed by atoms with Gasteiger partial charge in [-0.2, -0.15) is 4.57 Å². The molecule has 5 heteroatoms. The van der Waals surface area contributed by atoms with Gasteiger partial charge in [0.2, 0.25) is 5.69 Å². The Bertz CT molecular complexity index is 1020. The van der Waals surface area contributed by atoms with Crippen molar-refractivity contribution in [2.45, 2.75) is 0 Å². The van der Waals surface area contributed by atoms with E-state index in [1.165, 1.54) is 0 Å². The summed E-state index contributed by atoms with van der Waals surface area (Å²) < 4.78 is 1.83. The van der Waals surface area contributed by atoms with Crippen LogP contribution in [-0.4, -0.2) is 16.1 Å². The number of halogens is 1. The lowest BCUT2D eigenvalue weighted by Gasteiger charge is -2.00. The van der Waals surface area contributed by atoms with Gasteiger partial charge in [0.05, 0.1) is 0 Å². The molecular formula is C18H13ClN2O2. The predicted octanol–water partition coefficient (Wildman–Crippen LogP) is 0.300. The first-order valence-corrected chi connectivity index (χ1v) is 6.98. The predicted molar refractivity (Wildman–Crippen MR) is 84.3 cm³/mol. The number of hydrogen-bond acceptors (Lipinski definition) is 1. The van der Waals surface area contributed by atoms with Crippen LogP contribution in [0.25, 0.3) is 27.5 Å². The van der Waals surface area contributed by atoms with Crippen molar-refractivity contribution < 1.29 is 26.9 Å². The van der Waals surface area contributed by atoms with Gasteiger partial charge in [0.1, 0.15) is 11.1 Å². The molecule has 2 aromatic heterocycles. The Labute approximate surface area is 138 Å². The Hall–Kier alpha value is -2.85. The second-order valence-corrected chi connectivity index (χ2v) is 5.17. The molecule has 0 unspecified atom stereocenters. The third-order valence-electron chi connectivity index (χ3n) is 3.86. The summed E-state index contributed by atoms with van der Waals surface area (Å²) in [5, 5.41) is 11.6. The summed E-state index contributed by atoms with van der Waals surface area (Å²) >= 11 is 0. The maximum Gasteiger partial charge on any atom is 0.342 e. The summed E-state index contributed by atoms with van der Waals surface area (Å²) in [7, 11) is 0. The molecule has 0 saturated heterocycles. The normalized spacial score (nSPS) is 10.6. The van der Waals surface area contributed by atoms with Crippen molar-refractivity contribution in [3.05, 3.63) is 72.6 Å². The minimum atomic E-state index is -0.931. The minimum Gasteiger partial charge on any atom is -1.00 e. The van der Waals surface area contributed by atoms with Crippen LogP contribution >= 0.6 is 0 Å². The van der Waals surface area contributed by atoms with E-state index in [9.17, 15) is 9.90 Å². The summed E-state index contributed by atoms with van der Waals surface area (Å²) in [4.78, 5) is 14.7. The molecule has 4 nitrogen and oxygen atoms in total. The Balaban J connectivity index is 0.00000156. The number of benzene rings is 2. The Morgan fingerprint density at radius 1 is 0.913 bits per heavy atom. The summed E-state index contributed by atoms with van der Waals surface area (Å²) in [6, 6.07) is 17.1. The van der Waals surface area contributed by atoms with Crippen LogP contribution in [-0.2, 0) is 0 Å². The van der Waals surface area contributed by atoms with Gasteiger partial charge in [0, 0.05) is 28.4 Å². The van der Waals surface area contributed by atoms with Crippen LogP contribution in [0.3, 0.4) is 0 Å². The van der Waals surface area contributed by atoms with Gasteiger partial charge in [-0.3, -0.25) is 0 Å². The van der Waals surface area contributed by atoms with Crippen molar-refractivity contribution in [2.24, 2.45) is 0 Å². The molecule has 0 atom stereocenters. The molecule has 0 saturated carbocycles. The molecule has 0 aliphatic rings. The molecule has 2 aromatic carbocycles. The zero-order chi connectivity index (χ0) is 15.1. The zero-order valence-corrected chi connectivity index (χ0v) is 12.8. The number of aromatic nitrogens is 2. The monoisotopic (exact) mass is 324 g/mol. The molecule has 23 heavy (non-hydrogen) atoms. The van der Waals surface area contributed by atoms with Crippen molar-refractivity contribution in [1.82, 2.24) is 4.98 Å². The average molecular weight is 325 g/mol. The van der Waals surface area contributed by atoms with Crippen LogP contribution in [0.2, 0.25) is 0 Å². The molecule has 114 valence electrons. The van der Waals surface area contributed by atoms with Gasteiger partial charge < -0.3 is 22.5 Å². The molecule has 0 spiro atoms. The maximum absolute atomic E-state index is 11.4. The largest absolute Gasteiger partial charge is 1.00 e. The van der Waals surface area contributed by atoms with Gasteiger partial charge in [0.25, 0.3) is 0 Å². The van der Waals surface area contributed by atoms with E-state index in [4.69, 9.17) is 0 Å². The van der Waals surface area contributed by atoms with Gasteiger partial charge in [-0.25, -0.2) is 4.79 Å². The second-order valence-electron chi connectivity index (χ2n) is 5.17. The molecule has 2 heterocycles. The van der Waals surface area contributed by atoms with E-state index in [-0.39, 0.29) is 18.0 Å². The highest BCUT2D eigenvalue weighted by Crippen LogP contribution is 2.24. The van der Waals surface area contributed by atoms with Crippen molar-refractivity contribution >= 4 is 27.8 Å². The number of carboxylic acids is 1. The van der Waals surface area contributed by atoms with E-state index in [0.717, 1.165) is 21.8 Å². The third kappa shape index (κ3) is 2.43. The molecule has 2 N–H and O–H groups in total. The number of fused-ring (bicyclic) bond motifs is 3. The van der Waals surface area contributed by atoms with Gasteiger partial charge in [-0.05, 0) is 12.1 Å². The number of pyridine rings is 1. The first-order chi connectivity index (χ1) is 10.7. The molecular weight excluding hydrogens is 312 g/mol. The number of hydrogen-bond donors (Lipinski definition) is 2. The van der Waals surface area contributed by atoms with Crippen LogP contribution in [0.15, 0.2) is 67.0 Å². The van der Waals surface area contributed by atoms with Gasteiger partial charge in [-0.15, -0.1) is 0 Å². The minimum absolute atomic E-state index is 0. The van der Waals surface area contributed by atoms with E-state index in [0.29, 0.717) is 5.69 Å². The molecule has 0 amide bonds. The van der Waals surface area contributed by atoms with E-state index >= 15 is 0 Å². The molecule has 4 rings (SSSR count). The average Bonchev–Trinajstić information content (AvgIpc) is 2.92. The van der Waals surface area contributed by atoms with E-state index in [2.05, 4.69) is 11.1 Å². The summed E-state index contributed by atoms with van der Waals surface area (Å²) in [6.45, 7) is 0. The Kier molecular flexibility index (Phi) is 3.76. The Morgan fingerprint density at radius 3 is 2.43 bits per heavy atom. The summed E-state index contributed by atoms with van der Waals surface area (Å²) in [5.41, 5.74) is 2.98. The lowest BCUT2D eigenvalue weighted by Crippen LogP contribution is -3.00. The highest BCUT2D eigenvalue weighted by molar-refractivity contribution is 6.06. The number of rotatable bonds is 2. The fourth-order valence-corrected chi connectivity index (χ4v) is 2.83. The molecule has 0 fully saturated rings. The number of nitrogens with zero attached hydrogens (tertiary/aromatic N) is 1. The van der Waals surface area contributed by atoms with Crippen molar-refractivity contribution in [3.8, 4) is 5.69 Å². The maximum atomic E-state index is 11.4. The van der Waals surface area contributed by atoms with Crippen LogP contribution in [0.1, 0.15) is 10.4 Å². The number of para-hydroxylation sites is 2. The molecule has 0 aliphatic carbocycles. The standard InChI is InChI=1S/C18H12N2O2.ClH/c21-18(22)14-6-2-4-8-17(14)20-10-9-13-12-5-1-3-7-15(12)19-16(13)11-20;/h1-11H,(H,21,22);1H. The summed E-state index contributed by atoms with van der Waals surface area (Å²) in [5.74, 6) is -0.931. The van der Waals surface area contributed by atoms with Crippen molar-refractivity contribution in [1.29, 1.82) is 0 Å². The van der Waals surface area contributed by atoms with E-state index < -0.39 is 5.97 Å². The van der Waals surface area contributed by atoms with Gasteiger partial charge in [-0.1, -0.05) is 30.3 Å². The number of carbonyl (C=O) groups is 1. The SMILES string of the molecule is O=C(O)c1ccccc1-[n+]1ccc2c(c1)[nH]c1ccccc12.[Cl-]. The lowest BCUT2D eigenvalue weighted by molar-refractivity contribution is -0.594. The van der Waals surface area contributed by atoms with E-state index in [1.54, 1.807) is 18.2 Å². The zero-order valence-electron chi connectivity index (χ0n) is 12.0. The first kappa shape index (κ1) is 15.1. The fraction of sp³-hybridized carbons (Fsp3) is 0. The highest BCUT2D eigenvalue weighted by Gasteiger charge is 2.18. The number of nitrogens with one attached hydrogen (secondary N) is 1. The number of carboxylic acid groups (broad SMARTS) is 1. The van der Waals surface area contributed by atoms with Crippen LogP contribution in [0.4, 0.5) is 0 Å². The number of H-pyrrole nitrogens is 1. The van der Waals surface area contributed by atoms with Crippen molar-refractivity contribution in [2.75, 3.05) is 0 Å². The lowest BCUT2D eigenvalue weighted by atomic mass is 10.1.